The number of benzene rings is 1. The number of imide groups is 1. The van der Waals surface area contributed by atoms with E-state index in [0.29, 0.717) is 40.1 Å². The average Bonchev–Trinajstić information content (AvgIpc) is 3.27. The molecule has 0 radical (unpaired) electrons. The maximum absolute atomic E-state index is 13.8. The molecule has 0 bridgehead atoms. The Morgan fingerprint density at radius 1 is 1.17 bits per heavy atom. The molecule has 1 fully saturated rings. The van der Waals surface area contributed by atoms with Gasteiger partial charge in [0.25, 0.3) is 5.91 Å². The van der Waals surface area contributed by atoms with Crippen molar-refractivity contribution in [1.82, 2.24) is 14.7 Å². The predicted molar refractivity (Wildman–Crippen MR) is 130 cm³/mol. The Morgan fingerprint density at radius 3 is 2.42 bits per heavy atom. The van der Waals surface area contributed by atoms with Gasteiger partial charge in [-0.3, -0.25) is 9.59 Å². The number of carbonyl (C=O) groups excluding carboxylic acids is 3. The second kappa shape index (κ2) is 8.43. The molecule has 4 rings (SSSR count). The van der Waals surface area contributed by atoms with Gasteiger partial charge in [-0.2, -0.15) is 5.10 Å². The fraction of sp³-hybridized carbons (Fsp3) is 0.520. The van der Waals surface area contributed by atoms with Crippen LogP contribution in [0.3, 0.4) is 0 Å². The molecule has 10 nitrogen and oxygen atoms in total. The van der Waals surface area contributed by atoms with E-state index in [4.69, 9.17) is 9.47 Å². The van der Waals surface area contributed by atoms with Gasteiger partial charge in [0.05, 0.1) is 16.8 Å². The fourth-order valence-corrected chi connectivity index (χ4v) is 7.25. The number of carbonyl (C=O) groups is 3. The second-order valence-corrected chi connectivity index (χ2v) is 12.5. The number of fused-ring (bicyclic) bond motifs is 1. The van der Waals surface area contributed by atoms with Crippen LogP contribution >= 0.6 is 0 Å². The molecule has 0 unspecified atom stereocenters. The zero-order chi connectivity index (χ0) is 26.8. The van der Waals surface area contributed by atoms with Crippen molar-refractivity contribution in [1.29, 1.82) is 0 Å². The van der Waals surface area contributed by atoms with E-state index in [1.807, 2.05) is 20.8 Å². The highest BCUT2D eigenvalue weighted by Crippen LogP contribution is 2.43. The van der Waals surface area contributed by atoms with Crippen LogP contribution in [-0.4, -0.2) is 59.0 Å². The second-order valence-electron chi connectivity index (χ2n) is 10.4. The Morgan fingerprint density at radius 2 is 1.83 bits per heavy atom. The Kier molecular flexibility index (Phi) is 6.06. The normalized spacial score (nSPS) is 19.7. The first-order valence-electron chi connectivity index (χ1n) is 11.8. The lowest BCUT2D eigenvalue weighted by Crippen LogP contribution is -2.38. The monoisotopic (exact) mass is 517 g/mol. The first-order valence-corrected chi connectivity index (χ1v) is 13.4. The third-order valence-corrected chi connectivity index (χ3v) is 8.83. The Balaban J connectivity index is 1.75. The van der Waals surface area contributed by atoms with Gasteiger partial charge in [0.15, 0.2) is 28.0 Å². The summed E-state index contributed by atoms with van der Waals surface area (Å²) in [5, 5.41) is 4.24. The lowest BCUT2D eigenvalue weighted by Gasteiger charge is -2.35. The van der Waals surface area contributed by atoms with Crippen LogP contribution in [0.4, 0.5) is 4.79 Å². The highest BCUT2D eigenvalue weighted by Gasteiger charge is 2.47. The Hall–Kier alpha value is -3.21. The largest absolute Gasteiger partial charge is 0.455 e. The molecule has 11 heteroatoms. The first kappa shape index (κ1) is 25.9. The number of rotatable bonds is 6. The third kappa shape index (κ3) is 3.99. The van der Waals surface area contributed by atoms with Gasteiger partial charge < -0.3 is 9.47 Å². The zero-order valence-corrected chi connectivity index (χ0v) is 22.4. The Bertz CT molecular complexity index is 1400. The standard InChI is InChI=1S/C25H31N3O7S/c1-8-28-21(34-13-27-22(30)25(6,7)35-23(27)31)17(12-26-28)19(29)16-11-14(2)20-18(15(16)3)24(4,5)9-10-36(20,32)33/h11-12H,8-10,13H2,1-7H3. The molecule has 1 saturated heterocycles. The number of sulfone groups is 1. The van der Waals surface area contributed by atoms with Gasteiger partial charge in [0.2, 0.25) is 5.88 Å². The number of cyclic esters (lactones) is 1. The van der Waals surface area contributed by atoms with E-state index in [2.05, 4.69) is 5.10 Å². The van der Waals surface area contributed by atoms with E-state index in [1.165, 1.54) is 24.7 Å². The van der Waals surface area contributed by atoms with E-state index >= 15 is 0 Å². The minimum atomic E-state index is -3.45. The lowest BCUT2D eigenvalue weighted by atomic mass is 9.77. The molecule has 3 heterocycles. The number of hydrogen-bond acceptors (Lipinski definition) is 8. The van der Waals surface area contributed by atoms with Crippen LogP contribution in [0.25, 0.3) is 0 Å². The van der Waals surface area contributed by atoms with Crippen molar-refractivity contribution in [2.24, 2.45) is 0 Å². The highest BCUT2D eigenvalue weighted by atomic mass is 32.2. The fourth-order valence-electron chi connectivity index (χ4n) is 4.98. The van der Waals surface area contributed by atoms with Crippen LogP contribution in [0.15, 0.2) is 17.2 Å². The van der Waals surface area contributed by atoms with Crippen LogP contribution < -0.4 is 4.74 Å². The van der Waals surface area contributed by atoms with Crippen molar-refractivity contribution in [2.75, 3.05) is 12.5 Å². The molecule has 0 spiro atoms. The van der Waals surface area contributed by atoms with Crippen molar-refractivity contribution in [2.45, 2.75) is 77.3 Å². The van der Waals surface area contributed by atoms with Gasteiger partial charge in [-0.1, -0.05) is 13.8 Å². The van der Waals surface area contributed by atoms with Crippen LogP contribution in [0.1, 0.15) is 73.7 Å². The predicted octanol–water partition coefficient (Wildman–Crippen LogP) is 3.30. The Labute approximate surface area is 210 Å². The van der Waals surface area contributed by atoms with Gasteiger partial charge in [-0.05, 0) is 69.2 Å². The van der Waals surface area contributed by atoms with Crippen molar-refractivity contribution in [3.63, 3.8) is 0 Å². The van der Waals surface area contributed by atoms with Gasteiger partial charge in [0.1, 0.15) is 5.56 Å². The lowest BCUT2D eigenvalue weighted by molar-refractivity contribution is -0.136. The van der Waals surface area contributed by atoms with Gasteiger partial charge >= 0.3 is 6.09 Å². The molecule has 0 atom stereocenters. The number of amides is 2. The first-order chi connectivity index (χ1) is 16.6. The number of aromatic nitrogens is 2. The smallest absolute Gasteiger partial charge is 0.420 e. The summed E-state index contributed by atoms with van der Waals surface area (Å²) in [6.07, 6.45) is 1.01. The number of hydrogen-bond donors (Lipinski definition) is 0. The zero-order valence-electron chi connectivity index (χ0n) is 21.6. The summed E-state index contributed by atoms with van der Waals surface area (Å²) in [6.45, 7) is 12.2. The average molecular weight is 518 g/mol. The number of ether oxygens (including phenoxy) is 2. The summed E-state index contributed by atoms with van der Waals surface area (Å²) in [5.41, 5.74) is 0.561. The van der Waals surface area contributed by atoms with Crippen molar-refractivity contribution < 1.29 is 32.3 Å². The molecule has 0 N–H and O–H groups in total. The maximum atomic E-state index is 13.8. The van der Waals surface area contributed by atoms with E-state index < -0.39 is 39.6 Å². The summed E-state index contributed by atoms with van der Waals surface area (Å²) in [4.78, 5) is 39.6. The van der Waals surface area contributed by atoms with Gasteiger partial charge in [-0.15, -0.1) is 0 Å². The number of ketones is 1. The summed E-state index contributed by atoms with van der Waals surface area (Å²) >= 11 is 0. The van der Waals surface area contributed by atoms with E-state index in [1.54, 1.807) is 19.9 Å². The maximum Gasteiger partial charge on any atom is 0.420 e. The molecule has 2 aliphatic heterocycles. The molecular weight excluding hydrogens is 486 g/mol. The molecule has 194 valence electrons. The molecule has 1 aromatic heterocycles. The molecule has 1 aromatic carbocycles. The number of aryl methyl sites for hydroxylation is 2. The SMILES string of the molecule is CCn1ncc(C(=O)c2cc(C)c3c(c2C)C(C)(C)CCS3(=O)=O)c1OCN1C(=O)OC(C)(C)C1=O. The summed E-state index contributed by atoms with van der Waals surface area (Å²) in [6, 6.07) is 1.60. The molecule has 36 heavy (non-hydrogen) atoms. The highest BCUT2D eigenvalue weighted by molar-refractivity contribution is 7.91. The molecule has 2 amide bonds. The van der Waals surface area contributed by atoms with Crippen LogP contribution in [0, 0.1) is 13.8 Å². The van der Waals surface area contributed by atoms with Gasteiger partial charge in [0, 0.05) is 12.1 Å². The summed E-state index contributed by atoms with van der Waals surface area (Å²) in [7, 11) is -3.45. The van der Waals surface area contributed by atoms with Crippen molar-refractivity contribution in [3.05, 3.63) is 40.1 Å². The summed E-state index contributed by atoms with van der Waals surface area (Å²) in [5.74, 6) is -0.763. The molecule has 0 aliphatic carbocycles. The molecule has 2 aromatic rings. The van der Waals surface area contributed by atoms with Crippen molar-refractivity contribution in [3.8, 4) is 5.88 Å². The van der Waals surface area contributed by atoms with Crippen LogP contribution in [0.5, 0.6) is 5.88 Å². The number of nitrogens with zero attached hydrogens (tertiary/aromatic N) is 3. The van der Waals surface area contributed by atoms with E-state index in [0.717, 1.165) is 4.90 Å². The van der Waals surface area contributed by atoms with Crippen LogP contribution in [-0.2, 0) is 31.3 Å². The van der Waals surface area contributed by atoms with E-state index in [9.17, 15) is 22.8 Å². The molecular formula is C25H31N3O7S. The quantitative estimate of drug-likeness (QED) is 0.535. The minimum Gasteiger partial charge on any atom is -0.455 e. The molecule has 0 saturated carbocycles. The third-order valence-electron chi connectivity index (χ3n) is 6.94. The van der Waals surface area contributed by atoms with Crippen LogP contribution in [0.2, 0.25) is 0 Å². The van der Waals surface area contributed by atoms with E-state index in [-0.39, 0.29) is 23.0 Å². The summed E-state index contributed by atoms with van der Waals surface area (Å²) < 4.78 is 38.2. The van der Waals surface area contributed by atoms with Crippen molar-refractivity contribution >= 4 is 27.6 Å². The topological polar surface area (TPSA) is 125 Å². The molecule has 2 aliphatic rings. The van der Waals surface area contributed by atoms with Gasteiger partial charge in [-0.25, -0.2) is 22.8 Å². The minimum absolute atomic E-state index is 0.0658.